The summed E-state index contributed by atoms with van der Waals surface area (Å²) in [6.07, 6.45) is 3.51. The number of amides is 2. The Morgan fingerprint density at radius 2 is 2.15 bits per heavy atom. The number of nitrogens with one attached hydrogen (secondary N) is 2. The molecule has 0 fully saturated rings. The lowest BCUT2D eigenvalue weighted by Crippen LogP contribution is -2.30. The molecule has 0 aliphatic heterocycles. The predicted molar refractivity (Wildman–Crippen MR) is 76.1 cm³/mol. The van der Waals surface area contributed by atoms with Crippen LogP contribution >= 0.6 is 0 Å². The summed E-state index contributed by atoms with van der Waals surface area (Å²) < 4.78 is 10.8. The monoisotopic (exact) mass is 299 g/mol. The molecule has 1 rings (SSSR count). The molecule has 0 saturated carbocycles. The second-order valence-electron chi connectivity index (χ2n) is 4.12. The van der Waals surface area contributed by atoms with Gasteiger partial charge in [-0.05, 0) is 18.6 Å². The molecule has 20 heavy (non-hydrogen) atoms. The third-order valence-corrected chi connectivity index (χ3v) is 3.17. The van der Waals surface area contributed by atoms with Crippen LogP contribution in [0.3, 0.4) is 0 Å². The summed E-state index contributed by atoms with van der Waals surface area (Å²) in [6, 6.07) is 2.76. The topological polar surface area (TPSA) is 108 Å². The van der Waals surface area contributed by atoms with Crippen molar-refractivity contribution in [3.8, 4) is 0 Å². The molecule has 1 aromatic rings. The van der Waals surface area contributed by atoms with Gasteiger partial charge in [-0.2, -0.15) is 0 Å². The Morgan fingerprint density at radius 1 is 1.40 bits per heavy atom. The Hall–Kier alpha value is -1.96. The second kappa shape index (κ2) is 8.26. The fourth-order valence-electron chi connectivity index (χ4n) is 1.41. The number of carbonyl (C=O) groups is 2. The molecule has 0 spiro atoms. The van der Waals surface area contributed by atoms with Gasteiger partial charge < -0.3 is 15.7 Å². The van der Waals surface area contributed by atoms with Crippen molar-refractivity contribution < 1.29 is 18.9 Å². The van der Waals surface area contributed by atoms with E-state index >= 15 is 0 Å². The summed E-state index contributed by atoms with van der Waals surface area (Å²) in [5.74, 6) is -0.407. The zero-order valence-electron chi connectivity index (χ0n) is 11.1. The van der Waals surface area contributed by atoms with Crippen LogP contribution in [0.25, 0.3) is 0 Å². The Bertz CT molecular complexity index is 490. The number of hydrogen-bond acceptors (Lipinski definition) is 4. The lowest BCUT2D eigenvalue weighted by Gasteiger charge is -2.07. The smallest absolute Gasteiger partial charge is 0.319 e. The highest BCUT2D eigenvalue weighted by molar-refractivity contribution is 7.84. The summed E-state index contributed by atoms with van der Waals surface area (Å²) in [5.41, 5.74) is 0.907. The van der Waals surface area contributed by atoms with E-state index in [1.165, 1.54) is 6.20 Å². The van der Waals surface area contributed by atoms with Crippen LogP contribution < -0.4 is 10.6 Å². The maximum Gasteiger partial charge on any atom is 0.319 e. The Kier molecular flexibility index (Phi) is 6.65. The third kappa shape index (κ3) is 6.83. The van der Waals surface area contributed by atoms with Crippen LogP contribution in [0.15, 0.2) is 18.3 Å². The summed E-state index contributed by atoms with van der Waals surface area (Å²) in [5, 5.41) is 13.8. The van der Waals surface area contributed by atoms with E-state index in [2.05, 4.69) is 15.6 Å². The number of aromatic nitrogens is 1. The summed E-state index contributed by atoms with van der Waals surface area (Å²) >= 11 is 0. The lowest BCUT2D eigenvalue weighted by molar-refractivity contribution is -0.136. The largest absolute Gasteiger partial charge is 0.481 e. The van der Waals surface area contributed by atoms with Crippen LogP contribution in [0.2, 0.25) is 0 Å². The molecule has 0 radical (unpaired) electrons. The fraction of sp³-hybridized carbons (Fsp3) is 0.417. The zero-order chi connectivity index (χ0) is 15.0. The molecule has 8 heteroatoms. The van der Waals surface area contributed by atoms with Gasteiger partial charge >= 0.3 is 12.0 Å². The van der Waals surface area contributed by atoms with Crippen molar-refractivity contribution in [2.24, 2.45) is 0 Å². The first kappa shape index (κ1) is 16.1. The molecule has 0 saturated heterocycles. The molecule has 1 heterocycles. The third-order valence-electron chi connectivity index (χ3n) is 2.31. The maximum atomic E-state index is 11.5. The van der Waals surface area contributed by atoms with Gasteiger partial charge in [0.1, 0.15) is 0 Å². The molecule has 0 aliphatic rings. The highest BCUT2D eigenvalue weighted by atomic mass is 32.2. The van der Waals surface area contributed by atoms with Gasteiger partial charge in [0.25, 0.3) is 0 Å². The van der Waals surface area contributed by atoms with Gasteiger partial charge in [0.05, 0.1) is 24.0 Å². The van der Waals surface area contributed by atoms with Gasteiger partial charge in [0, 0.05) is 29.4 Å². The molecular weight excluding hydrogens is 282 g/mol. The van der Waals surface area contributed by atoms with Crippen molar-refractivity contribution in [2.45, 2.75) is 12.8 Å². The van der Waals surface area contributed by atoms with E-state index in [0.717, 1.165) is 0 Å². The first-order chi connectivity index (χ1) is 9.47. The number of carboxylic acids is 1. The van der Waals surface area contributed by atoms with Gasteiger partial charge in [-0.3, -0.25) is 14.0 Å². The summed E-state index contributed by atoms with van der Waals surface area (Å²) in [6.45, 7) is 0.440. The quantitative estimate of drug-likeness (QED) is 0.639. The predicted octanol–water partition coefficient (Wildman–Crippen LogP) is 0.599. The molecule has 2 amide bonds. The lowest BCUT2D eigenvalue weighted by atomic mass is 10.2. The molecule has 0 bridgehead atoms. The number of carbonyl (C=O) groups excluding carboxylic acids is 1. The van der Waals surface area contributed by atoms with Gasteiger partial charge in [-0.25, -0.2) is 4.79 Å². The van der Waals surface area contributed by atoms with Gasteiger partial charge in [0.15, 0.2) is 0 Å². The molecule has 7 nitrogen and oxygen atoms in total. The first-order valence-corrected chi connectivity index (χ1v) is 7.71. The van der Waals surface area contributed by atoms with Crippen molar-refractivity contribution >= 4 is 28.5 Å². The van der Waals surface area contributed by atoms with Crippen LogP contribution in [0.4, 0.5) is 10.5 Å². The number of carboxylic acid groups (broad SMARTS) is 1. The average molecular weight is 299 g/mol. The number of anilines is 1. The van der Waals surface area contributed by atoms with Crippen molar-refractivity contribution in [3.63, 3.8) is 0 Å². The number of pyridine rings is 1. The van der Waals surface area contributed by atoms with Gasteiger partial charge in [-0.15, -0.1) is 0 Å². The maximum absolute atomic E-state index is 11.5. The van der Waals surface area contributed by atoms with E-state index < -0.39 is 16.8 Å². The molecule has 110 valence electrons. The normalized spacial score (nSPS) is 11.7. The molecule has 3 N–H and O–H groups in total. The van der Waals surface area contributed by atoms with Crippen LogP contribution in [-0.4, -0.2) is 44.9 Å². The minimum atomic E-state index is -0.954. The van der Waals surface area contributed by atoms with E-state index in [1.54, 1.807) is 18.4 Å². The van der Waals surface area contributed by atoms with Crippen LogP contribution in [0.1, 0.15) is 12.1 Å². The molecule has 0 aliphatic carbocycles. The second-order valence-corrected chi connectivity index (χ2v) is 5.68. The van der Waals surface area contributed by atoms with E-state index in [4.69, 9.17) is 5.11 Å². The molecular formula is C12H17N3O4S. The minimum Gasteiger partial charge on any atom is -0.481 e. The number of hydrogen-bond donors (Lipinski definition) is 3. The Morgan fingerprint density at radius 3 is 2.70 bits per heavy atom. The van der Waals surface area contributed by atoms with E-state index in [1.807, 2.05) is 0 Å². The summed E-state index contributed by atoms with van der Waals surface area (Å²) in [4.78, 5) is 25.9. The standard InChI is InChI=1S/C12H17N3O4S/c1-20(19)6-2-5-13-12(18)15-10-4-3-9(14-8-10)7-11(16)17/h3-4,8H,2,5-7H2,1H3,(H,16,17)(H2,13,15,18). The van der Waals surface area contributed by atoms with Crippen molar-refractivity contribution in [3.05, 3.63) is 24.0 Å². The Labute approximate surface area is 119 Å². The first-order valence-electron chi connectivity index (χ1n) is 5.99. The zero-order valence-corrected chi connectivity index (χ0v) is 11.9. The van der Waals surface area contributed by atoms with Crippen molar-refractivity contribution in [2.75, 3.05) is 23.9 Å². The number of aliphatic carboxylic acids is 1. The summed E-state index contributed by atoms with van der Waals surface area (Å²) in [7, 11) is -0.856. The molecule has 1 aromatic heterocycles. The number of rotatable bonds is 7. The number of urea groups is 1. The van der Waals surface area contributed by atoms with Gasteiger partial charge in [-0.1, -0.05) is 0 Å². The van der Waals surface area contributed by atoms with Crippen molar-refractivity contribution in [1.82, 2.24) is 10.3 Å². The van der Waals surface area contributed by atoms with E-state index in [9.17, 15) is 13.8 Å². The van der Waals surface area contributed by atoms with Crippen LogP contribution in [0, 0.1) is 0 Å². The Balaban J connectivity index is 2.34. The molecule has 0 aromatic carbocycles. The number of nitrogens with zero attached hydrogens (tertiary/aromatic N) is 1. The molecule has 1 unspecified atom stereocenters. The highest BCUT2D eigenvalue weighted by Gasteiger charge is 2.04. The average Bonchev–Trinajstić information content (AvgIpc) is 2.36. The highest BCUT2D eigenvalue weighted by Crippen LogP contribution is 2.06. The van der Waals surface area contributed by atoms with E-state index in [-0.39, 0.29) is 12.5 Å². The minimum absolute atomic E-state index is 0.152. The van der Waals surface area contributed by atoms with Crippen LogP contribution in [0.5, 0.6) is 0 Å². The SMILES string of the molecule is CS(=O)CCCNC(=O)Nc1ccc(CC(=O)O)nc1. The fourth-order valence-corrected chi connectivity index (χ4v) is 1.96. The van der Waals surface area contributed by atoms with Crippen molar-refractivity contribution in [1.29, 1.82) is 0 Å². The molecule has 1 atom stereocenters. The van der Waals surface area contributed by atoms with Crippen LogP contribution in [-0.2, 0) is 22.0 Å². The van der Waals surface area contributed by atoms with Gasteiger partial charge in [0.2, 0.25) is 0 Å². The van der Waals surface area contributed by atoms with E-state index in [0.29, 0.717) is 30.1 Å².